The molecule has 5 nitrogen and oxygen atoms in total. The summed E-state index contributed by atoms with van der Waals surface area (Å²) in [7, 11) is 2.04. The lowest BCUT2D eigenvalue weighted by Crippen LogP contribution is -2.19. The van der Waals surface area contributed by atoms with Crippen molar-refractivity contribution in [3.63, 3.8) is 0 Å². The molecule has 29 heavy (non-hydrogen) atoms. The van der Waals surface area contributed by atoms with Crippen molar-refractivity contribution in [3.8, 4) is 11.3 Å². The summed E-state index contributed by atoms with van der Waals surface area (Å²) in [6.07, 6.45) is 3.88. The highest BCUT2D eigenvalue weighted by atomic mass is 19.1. The number of nitrogens with zero attached hydrogens (tertiary/aromatic N) is 2. The van der Waals surface area contributed by atoms with Crippen molar-refractivity contribution in [3.05, 3.63) is 77.3 Å². The average Bonchev–Trinajstić information content (AvgIpc) is 3.17. The van der Waals surface area contributed by atoms with Crippen LogP contribution in [0.15, 0.2) is 59.1 Å². The Labute approximate surface area is 169 Å². The summed E-state index contributed by atoms with van der Waals surface area (Å²) in [6.45, 7) is 1.66. The minimum atomic E-state index is -0.900. The first-order valence-corrected chi connectivity index (χ1v) is 9.73. The molecule has 152 valence electrons. The van der Waals surface area contributed by atoms with E-state index in [4.69, 9.17) is 9.63 Å². The zero-order valence-electron chi connectivity index (χ0n) is 16.5. The molecule has 0 fully saturated rings. The number of halogens is 1. The number of carboxylic acid groups (broad SMARTS) is 1. The van der Waals surface area contributed by atoms with Crippen LogP contribution in [0.2, 0.25) is 0 Å². The van der Waals surface area contributed by atoms with Gasteiger partial charge >= 0.3 is 5.97 Å². The Bertz CT molecular complexity index is 955. The van der Waals surface area contributed by atoms with E-state index in [9.17, 15) is 9.18 Å². The number of unbranched alkanes of at least 4 members (excludes halogenated alkanes) is 2. The van der Waals surface area contributed by atoms with Gasteiger partial charge in [0.05, 0.1) is 5.56 Å². The van der Waals surface area contributed by atoms with E-state index in [-0.39, 0.29) is 5.82 Å². The Morgan fingerprint density at radius 1 is 1.10 bits per heavy atom. The fourth-order valence-corrected chi connectivity index (χ4v) is 3.27. The van der Waals surface area contributed by atoms with Crippen LogP contribution in [0.1, 0.15) is 40.9 Å². The van der Waals surface area contributed by atoms with E-state index in [1.165, 1.54) is 12.1 Å². The molecule has 0 aliphatic carbocycles. The third-order valence-corrected chi connectivity index (χ3v) is 4.77. The zero-order valence-corrected chi connectivity index (χ0v) is 16.5. The molecule has 0 aliphatic heterocycles. The number of hydrogen-bond acceptors (Lipinski definition) is 4. The summed E-state index contributed by atoms with van der Waals surface area (Å²) in [5.74, 6) is -0.378. The van der Waals surface area contributed by atoms with Gasteiger partial charge in [-0.15, -0.1) is 0 Å². The summed E-state index contributed by atoms with van der Waals surface area (Å²) in [5.41, 5.74) is 2.69. The predicted octanol–water partition coefficient (Wildman–Crippen LogP) is 5.02. The molecule has 1 N–H and O–H groups in total. The molecule has 2 aromatic carbocycles. The molecule has 3 aromatic rings. The molecule has 0 atom stereocenters. The number of aromatic nitrogens is 1. The third-order valence-electron chi connectivity index (χ3n) is 4.77. The van der Waals surface area contributed by atoms with Gasteiger partial charge < -0.3 is 14.5 Å². The normalized spacial score (nSPS) is 11.1. The molecule has 0 amide bonds. The number of carboxylic acids is 1. The van der Waals surface area contributed by atoms with Crippen molar-refractivity contribution in [1.82, 2.24) is 10.1 Å². The van der Waals surface area contributed by atoms with Crippen molar-refractivity contribution in [2.75, 3.05) is 13.6 Å². The third kappa shape index (κ3) is 6.26. The maximum absolute atomic E-state index is 13.3. The lowest BCUT2D eigenvalue weighted by atomic mass is 10.1. The van der Waals surface area contributed by atoms with E-state index in [0.717, 1.165) is 50.1 Å². The van der Waals surface area contributed by atoms with Crippen LogP contribution >= 0.6 is 0 Å². The van der Waals surface area contributed by atoms with Crippen molar-refractivity contribution in [1.29, 1.82) is 0 Å². The largest absolute Gasteiger partial charge is 0.478 e. The minimum absolute atomic E-state index is 0.286. The van der Waals surface area contributed by atoms with Crippen molar-refractivity contribution in [2.45, 2.75) is 32.2 Å². The molecule has 0 unspecified atom stereocenters. The molecule has 0 aliphatic rings. The van der Waals surface area contributed by atoms with Crippen LogP contribution in [0.4, 0.5) is 4.39 Å². The Balaban J connectivity index is 1.38. The molecular formula is C23H25FN2O3. The van der Waals surface area contributed by atoms with Crippen molar-refractivity contribution < 1.29 is 18.8 Å². The number of aryl methyl sites for hydroxylation is 1. The van der Waals surface area contributed by atoms with E-state index in [0.29, 0.717) is 16.8 Å². The summed E-state index contributed by atoms with van der Waals surface area (Å²) in [5, 5.41) is 13.1. The standard InChI is InChI=1S/C23H25FN2O3/c1-26(16-17-7-5-9-19(13-17)23(27)28)12-4-2-3-11-21-15-22(25-29-21)18-8-6-10-20(24)14-18/h5-10,13-15H,2-4,11-12,16H2,1H3,(H,27,28). The monoisotopic (exact) mass is 396 g/mol. The molecule has 0 bridgehead atoms. The highest BCUT2D eigenvalue weighted by Gasteiger charge is 2.08. The Morgan fingerprint density at radius 2 is 1.93 bits per heavy atom. The quantitative estimate of drug-likeness (QED) is 0.487. The SMILES string of the molecule is CN(CCCCCc1cc(-c2cccc(F)c2)no1)Cc1cccc(C(=O)O)c1. The van der Waals surface area contributed by atoms with Gasteiger partial charge in [0.2, 0.25) is 0 Å². The molecule has 0 saturated carbocycles. The lowest BCUT2D eigenvalue weighted by Gasteiger charge is -2.16. The lowest BCUT2D eigenvalue weighted by molar-refractivity contribution is 0.0696. The first-order valence-electron chi connectivity index (χ1n) is 9.73. The van der Waals surface area contributed by atoms with E-state index < -0.39 is 5.97 Å². The Kier molecular flexibility index (Phi) is 7.14. The Hall–Kier alpha value is -2.99. The number of aromatic carboxylic acids is 1. The van der Waals surface area contributed by atoms with Gasteiger partial charge in [-0.05, 0) is 56.3 Å². The molecule has 1 aromatic heterocycles. The van der Waals surface area contributed by atoms with Crippen LogP contribution in [-0.4, -0.2) is 34.7 Å². The summed E-state index contributed by atoms with van der Waals surface area (Å²) in [6, 6.07) is 15.3. The number of carbonyl (C=O) groups is 1. The Morgan fingerprint density at radius 3 is 2.72 bits per heavy atom. The van der Waals surface area contributed by atoms with E-state index in [1.54, 1.807) is 24.3 Å². The van der Waals surface area contributed by atoms with E-state index in [2.05, 4.69) is 10.1 Å². The molecule has 0 spiro atoms. The van der Waals surface area contributed by atoms with E-state index >= 15 is 0 Å². The number of rotatable bonds is 10. The molecule has 1 heterocycles. The highest BCUT2D eigenvalue weighted by molar-refractivity contribution is 5.87. The maximum Gasteiger partial charge on any atom is 0.335 e. The summed E-state index contributed by atoms with van der Waals surface area (Å²) in [4.78, 5) is 13.2. The summed E-state index contributed by atoms with van der Waals surface area (Å²) < 4.78 is 18.7. The first kappa shape index (κ1) is 20.7. The van der Waals surface area contributed by atoms with Gasteiger partial charge in [-0.1, -0.05) is 35.8 Å². The summed E-state index contributed by atoms with van der Waals surface area (Å²) >= 11 is 0. The van der Waals surface area contributed by atoms with Crippen LogP contribution in [0, 0.1) is 5.82 Å². The van der Waals surface area contributed by atoms with Gasteiger partial charge in [-0.3, -0.25) is 0 Å². The maximum atomic E-state index is 13.3. The average molecular weight is 396 g/mol. The number of benzene rings is 2. The van der Waals surface area contributed by atoms with Gasteiger partial charge in [0, 0.05) is 24.6 Å². The second-order valence-electron chi connectivity index (χ2n) is 7.24. The molecule has 6 heteroatoms. The smallest absolute Gasteiger partial charge is 0.335 e. The van der Waals surface area contributed by atoms with Gasteiger partial charge in [-0.25, -0.2) is 9.18 Å². The molecule has 0 saturated heterocycles. The second-order valence-corrected chi connectivity index (χ2v) is 7.24. The van der Waals surface area contributed by atoms with Crippen LogP contribution in [-0.2, 0) is 13.0 Å². The topological polar surface area (TPSA) is 66.6 Å². The molecule has 3 rings (SSSR count). The molecule has 0 radical (unpaired) electrons. The van der Waals surface area contributed by atoms with Gasteiger partial charge in [-0.2, -0.15) is 0 Å². The van der Waals surface area contributed by atoms with E-state index in [1.807, 2.05) is 25.2 Å². The van der Waals surface area contributed by atoms with Gasteiger partial charge in [0.1, 0.15) is 17.3 Å². The minimum Gasteiger partial charge on any atom is -0.478 e. The van der Waals surface area contributed by atoms with Crippen LogP contribution in [0.25, 0.3) is 11.3 Å². The number of hydrogen-bond donors (Lipinski definition) is 1. The first-order chi connectivity index (χ1) is 14.0. The molecular weight excluding hydrogens is 371 g/mol. The highest BCUT2D eigenvalue weighted by Crippen LogP contribution is 2.21. The van der Waals surface area contributed by atoms with Gasteiger partial charge in [0.25, 0.3) is 0 Å². The second kappa shape index (κ2) is 9.98. The van der Waals surface area contributed by atoms with Crippen LogP contribution in [0.3, 0.4) is 0 Å². The predicted molar refractivity (Wildman–Crippen MR) is 109 cm³/mol. The fraction of sp³-hybridized carbons (Fsp3) is 0.304. The van der Waals surface area contributed by atoms with Crippen LogP contribution < -0.4 is 0 Å². The fourth-order valence-electron chi connectivity index (χ4n) is 3.27. The van der Waals surface area contributed by atoms with Crippen molar-refractivity contribution in [2.24, 2.45) is 0 Å². The zero-order chi connectivity index (χ0) is 20.6. The van der Waals surface area contributed by atoms with Crippen LogP contribution in [0.5, 0.6) is 0 Å². The van der Waals surface area contributed by atoms with Gasteiger partial charge in [0.15, 0.2) is 0 Å². The van der Waals surface area contributed by atoms with Crippen molar-refractivity contribution >= 4 is 5.97 Å².